The van der Waals surface area contributed by atoms with E-state index in [4.69, 9.17) is 56.8 Å². The van der Waals surface area contributed by atoms with Crippen molar-refractivity contribution in [2.45, 2.75) is 298 Å². The molecule has 5 aliphatic carbocycles. The number of esters is 1. The molecule has 6 heterocycles. The average Bonchev–Trinajstić information content (AvgIpc) is 0.676. The van der Waals surface area contributed by atoms with E-state index in [-0.39, 0.29) is 46.0 Å². The van der Waals surface area contributed by atoms with E-state index in [1.807, 2.05) is 0 Å². The molecule has 540 valence electrons. The lowest BCUT2D eigenvalue weighted by Gasteiger charge is -2.71. The summed E-state index contributed by atoms with van der Waals surface area (Å²) in [7, 11) is 0. The van der Waals surface area contributed by atoms with Gasteiger partial charge in [-0.05, 0) is 116 Å². The lowest BCUT2D eigenvalue weighted by atomic mass is 9.33. The molecule has 11 rings (SSSR count). The highest BCUT2D eigenvalue weighted by Crippen LogP contribution is 2.76. The highest BCUT2D eigenvalue weighted by atomic mass is 16.8. The quantitative estimate of drug-likeness (QED) is 0.0421. The maximum atomic E-state index is 15.3. The first-order chi connectivity index (χ1) is 44.1. The molecule has 10 fully saturated rings. The van der Waals surface area contributed by atoms with Gasteiger partial charge in [-0.2, -0.15) is 0 Å². The normalized spacial score (nSPS) is 54.2. The number of carbonyl (C=O) groups is 1. The molecule has 30 nitrogen and oxygen atoms in total. The zero-order valence-corrected chi connectivity index (χ0v) is 54.6. The molecule has 0 radical (unpaired) electrons. The molecule has 0 amide bonds. The van der Waals surface area contributed by atoms with E-state index < -0.39 is 221 Å². The van der Waals surface area contributed by atoms with Crippen LogP contribution < -0.4 is 0 Å². The minimum Gasteiger partial charge on any atom is -0.432 e. The van der Waals surface area contributed by atoms with Crippen LogP contribution in [0.25, 0.3) is 0 Å². The highest BCUT2D eigenvalue weighted by Gasteiger charge is 2.70. The standard InChI is InChI=1S/C64H104O30/c1-25-36(69)40(73)44(77)54(86-25)92-50-31(21-66)88-52(47(80)43(50)76)85-24-32-39(72)42(75)46(79)56(89-32)94-58(82)64-17-15-59(2,3)19-27(64)26-9-10-34-61(6)13-12-35(60(4,5)33(61)11-14-63(34,8)62(26,7)16-18-64)90-57-51(37(70)28(67)22-84-57)93-53-48(81)49(29(68)23-83-53)91-55-45(78)41(74)38(71)30(20-65)87-55/h9,25,27-57,65-81H,10-24H2,1-8H3/t25-,27-,28-,29+,30+,31+,32+,33-,34+,35-,36-,37-,38+,39+,40+,41-,42-,43+,44+,45+,46+,47+,48+,49-,50+,51+,52+,53-,54-,55-,56-,57-,61-,62+,63+,64-/m0/s1. The molecular weight excluding hydrogens is 1250 g/mol. The fourth-order valence-electron chi connectivity index (χ4n) is 18.8. The second kappa shape index (κ2) is 27.5. The fraction of sp³-hybridized carbons (Fsp3) is 0.953. The minimum atomic E-state index is -1.91. The van der Waals surface area contributed by atoms with Gasteiger partial charge in [-0.3, -0.25) is 4.79 Å². The van der Waals surface area contributed by atoms with Crippen molar-refractivity contribution in [3.8, 4) is 0 Å². The van der Waals surface area contributed by atoms with Crippen LogP contribution in [0.5, 0.6) is 0 Å². The summed E-state index contributed by atoms with van der Waals surface area (Å²) in [5, 5.41) is 184. The summed E-state index contributed by atoms with van der Waals surface area (Å²) in [5.74, 6) is -0.638. The first kappa shape index (κ1) is 73.3. The third-order valence-corrected chi connectivity index (χ3v) is 24.8. The zero-order valence-electron chi connectivity index (χ0n) is 54.6. The molecule has 0 aromatic heterocycles. The molecule has 6 aliphatic heterocycles. The number of ether oxygens (including phenoxy) is 12. The molecule has 0 aromatic rings. The third kappa shape index (κ3) is 12.6. The van der Waals surface area contributed by atoms with Gasteiger partial charge in [0.25, 0.3) is 0 Å². The van der Waals surface area contributed by atoms with Gasteiger partial charge < -0.3 is 144 Å². The Labute approximate surface area is 545 Å². The number of fused-ring (bicyclic) bond motifs is 7. The van der Waals surface area contributed by atoms with Crippen LogP contribution in [0.4, 0.5) is 0 Å². The van der Waals surface area contributed by atoms with Crippen molar-refractivity contribution in [1.29, 1.82) is 0 Å². The van der Waals surface area contributed by atoms with Crippen molar-refractivity contribution in [2.75, 3.05) is 33.0 Å². The van der Waals surface area contributed by atoms with Gasteiger partial charge in [0, 0.05) is 0 Å². The van der Waals surface area contributed by atoms with Crippen molar-refractivity contribution < 1.29 is 148 Å². The Balaban J connectivity index is 0.758. The predicted molar refractivity (Wildman–Crippen MR) is 315 cm³/mol. The number of allylic oxidation sites excluding steroid dienone is 2. The van der Waals surface area contributed by atoms with Gasteiger partial charge in [-0.1, -0.05) is 60.1 Å². The molecule has 0 spiro atoms. The van der Waals surface area contributed by atoms with Gasteiger partial charge in [-0.15, -0.1) is 0 Å². The van der Waals surface area contributed by atoms with Crippen LogP contribution in [0, 0.1) is 50.2 Å². The number of aliphatic hydroxyl groups excluding tert-OH is 17. The molecule has 30 heteroatoms. The summed E-state index contributed by atoms with van der Waals surface area (Å²) in [6.07, 6.45) is -37.2. The lowest BCUT2D eigenvalue weighted by molar-refractivity contribution is -0.374. The summed E-state index contributed by atoms with van der Waals surface area (Å²) in [5.41, 5.74) is -1.47. The first-order valence-corrected chi connectivity index (χ1v) is 33.5. The van der Waals surface area contributed by atoms with Crippen molar-refractivity contribution in [1.82, 2.24) is 0 Å². The SMILES string of the molecule is C[C@@H]1O[C@@H](O[C@H]2[C@H](O)[C@@H](O)[C@H](OC[C@H]3O[C@@H](OC(=O)[C@]45CCC(C)(C)C[C@H]4C4=CC[C@@H]6[C@@]7(C)CC[C@H](O[C@@H]8OC[C@H](O)[C@H](O)[C@H]8O[C@@H]8OC[C@@H](O)[C@H](O[C@@H]9O[C@H](CO)[C@@H](O)[C@H](O)[C@H]9O)[C@H]8O)C(C)(C)[C@@H]7CC[C@@]6(C)[C@]4(C)CC5)[C@H](O)[C@@H](O)[C@@H]3O)O[C@@H]2CO)[C@H](O)[C@H](O)[C@H]1O. The largest absolute Gasteiger partial charge is 0.432 e. The van der Waals surface area contributed by atoms with Crippen LogP contribution in [-0.4, -0.2) is 304 Å². The Kier molecular flexibility index (Phi) is 21.4. The molecule has 17 N–H and O–H groups in total. The highest BCUT2D eigenvalue weighted by molar-refractivity contribution is 5.79. The van der Waals surface area contributed by atoms with Crippen LogP contribution in [0.2, 0.25) is 0 Å². The van der Waals surface area contributed by atoms with Crippen molar-refractivity contribution in [3.05, 3.63) is 11.6 Å². The summed E-state index contributed by atoms with van der Waals surface area (Å²) >= 11 is 0. The summed E-state index contributed by atoms with van der Waals surface area (Å²) in [4.78, 5) is 15.3. The van der Waals surface area contributed by atoms with E-state index in [0.29, 0.717) is 38.5 Å². The molecule has 0 bridgehead atoms. The van der Waals surface area contributed by atoms with E-state index >= 15 is 4.79 Å². The average molecular weight is 1350 g/mol. The van der Waals surface area contributed by atoms with Crippen LogP contribution in [0.1, 0.15) is 120 Å². The first-order valence-electron chi connectivity index (χ1n) is 33.5. The van der Waals surface area contributed by atoms with Crippen molar-refractivity contribution in [2.24, 2.45) is 50.2 Å². The van der Waals surface area contributed by atoms with Gasteiger partial charge in [0.1, 0.15) is 128 Å². The van der Waals surface area contributed by atoms with E-state index in [1.165, 1.54) is 12.5 Å². The fourth-order valence-corrected chi connectivity index (χ4v) is 18.8. The number of carbonyl (C=O) groups excluding carboxylic acids is 1. The van der Waals surface area contributed by atoms with Crippen molar-refractivity contribution in [3.63, 3.8) is 0 Å². The molecule has 0 unspecified atom stereocenters. The number of aliphatic hydroxyl groups is 17. The molecule has 36 atom stereocenters. The topological polar surface area (TPSA) is 472 Å². The Morgan fingerprint density at radius 2 is 1.06 bits per heavy atom. The van der Waals surface area contributed by atoms with Gasteiger partial charge in [-0.25, -0.2) is 0 Å². The zero-order chi connectivity index (χ0) is 68.4. The predicted octanol–water partition coefficient (Wildman–Crippen LogP) is -4.08. The summed E-state index contributed by atoms with van der Waals surface area (Å²) in [6.45, 7) is 14.3. The third-order valence-electron chi connectivity index (χ3n) is 24.8. The number of rotatable bonds is 15. The van der Waals surface area contributed by atoms with Crippen LogP contribution >= 0.6 is 0 Å². The molecule has 11 aliphatic rings. The lowest BCUT2D eigenvalue weighted by Crippen LogP contribution is -2.66. The Bertz CT molecular complexity index is 2640. The van der Waals surface area contributed by atoms with Gasteiger partial charge in [0.15, 0.2) is 31.5 Å². The van der Waals surface area contributed by atoms with E-state index in [2.05, 4.69) is 54.5 Å². The molecule has 4 saturated carbocycles. The van der Waals surface area contributed by atoms with E-state index in [9.17, 15) is 86.8 Å². The molecular formula is C64H104O30. The maximum Gasteiger partial charge on any atom is 0.315 e. The molecule has 0 aromatic carbocycles. The Morgan fingerprint density at radius 3 is 1.74 bits per heavy atom. The molecule has 6 saturated heterocycles. The van der Waals surface area contributed by atoms with E-state index in [1.54, 1.807) is 0 Å². The van der Waals surface area contributed by atoms with Crippen LogP contribution in [0.15, 0.2) is 11.6 Å². The van der Waals surface area contributed by atoms with Gasteiger partial charge in [0.2, 0.25) is 6.29 Å². The minimum absolute atomic E-state index is 0.0991. The Hall–Kier alpha value is -1.91. The summed E-state index contributed by atoms with van der Waals surface area (Å²) in [6, 6.07) is 0. The van der Waals surface area contributed by atoms with Crippen LogP contribution in [0.3, 0.4) is 0 Å². The van der Waals surface area contributed by atoms with E-state index in [0.717, 1.165) is 25.7 Å². The summed E-state index contributed by atoms with van der Waals surface area (Å²) < 4.78 is 71.1. The number of hydrogen-bond acceptors (Lipinski definition) is 30. The molecule has 94 heavy (non-hydrogen) atoms. The maximum absolute atomic E-state index is 15.3. The van der Waals surface area contributed by atoms with Crippen molar-refractivity contribution >= 4 is 5.97 Å². The second-order valence-corrected chi connectivity index (χ2v) is 31.0. The Morgan fingerprint density at radius 1 is 0.500 bits per heavy atom. The monoisotopic (exact) mass is 1350 g/mol. The number of hydrogen-bond donors (Lipinski definition) is 17. The van der Waals surface area contributed by atoms with Gasteiger partial charge in [0.05, 0.1) is 50.7 Å². The second-order valence-electron chi connectivity index (χ2n) is 31.0. The smallest absolute Gasteiger partial charge is 0.315 e. The van der Waals surface area contributed by atoms with Gasteiger partial charge >= 0.3 is 5.97 Å². The van der Waals surface area contributed by atoms with Crippen LogP contribution in [-0.2, 0) is 61.6 Å².